The van der Waals surface area contributed by atoms with Gasteiger partial charge in [-0.15, -0.1) is 0 Å². The Balaban J connectivity index is 2.56. The molecule has 3 nitrogen and oxygen atoms in total. The van der Waals surface area contributed by atoms with Crippen molar-refractivity contribution in [2.24, 2.45) is 0 Å². The summed E-state index contributed by atoms with van der Waals surface area (Å²) in [7, 11) is 0. The van der Waals surface area contributed by atoms with Gasteiger partial charge in [0.05, 0.1) is 5.56 Å². The third-order valence-corrected chi connectivity index (χ3v) is 2.13. The number of aromatic hydroxyl groups is 2. The molecule has 0 aromatic heterocycles. The molecule has 1 aliphatic heterocycles. The molecule has 0 radical (unpaired) electrons. The van der Waals surface area contributed by atoms with Crippen LogP contribution in [0.15, 0.2) is 18.2 Å². The molecule has 0 saturated heterocycles. The van der Waals surface area contributed by atoms with Crippen LogP contribution in [0.1, 0.15) is 19.4 Å². The van der Waals surface area contributed by atoms with Crippen LogP contribution in [0, 0.1) is 0 Å². The van der Waals surface area contributed by atoms with Crippen molar-refractivity contribution in [2.45, 2.75) is 19.4 Å². The molecule has 0 fully saturated rings. The molecule has 0 spiro atoms. The van der Waals surface area contributed by atoms with Gasteiger partial charge in [0.25, 0.3) is 0 Å². The Bertz CT molecular complexity index is 405. The predicted octanol–water partition coefficient (Wildman–Crippen LogP) is 2.28. The first kappa shape index (κ1) is 8.94. The van der Waals surface area contributed by atoms with Gasteiger partial charge >= 0.3 is 0 Å². The van der Waals surface area contributed by atoms with E-state index in [1.165, 1.54) is 12.1 Å². The molecule has 2 N–H and O–H groups in total. The Morgan fingerprint density at radius 2 is 1.93 bits per heavy atom. The van der Waals surface area contributed by atoms with Crippen LogP contribution in [0.3, 0.4) is 0 Å². The second-order valence-electron chi connectivity index (χ2n) is 3.92. The second kappa shape index (κ2) is 2.67. The zero-order chi connectivity index (χ0) is 10.3. The van der Waals surface area contributed by atoms with Gasteiger partial charge in [-0.2, -0.15) is 0 Å². The molecule has 1 heterocycles. The van der Waals surface area contributed by atoms with Crippen molar-refractivity contribution in [1.29, 1.82) is 0 Å². The summed E-state index contributed by atoms with van der Waals surface area (Å²) < 4.78 is 5.57. The lowest BCUT2D eigenvalue weighted by molar-refractivity contribution is 0.158. The van der Waals surface area contributed by atoms with Crippen LogP contribution in [0.5, 0.6) is 17.2 Å². The normalized spacial score (nSPS) is 17.3. The molecule has 2 rings (SSSR count). The summed E-state index contributed by atoms with van der Waals surface area (Å²) in [6.45, 7) is 3.82. The maximum Gasteiger partial charge on any atom is 0.135 e. The van der Waals surface area contributed by atoms with Gasteiger partial charge in [0.2, 0.25) is 0 Å². The Morgan fingerprint density at radius 1 is 1.21 bits per heavy atom. The van der Waals surface area contributed by atoms with E-state index in [-0.39, 0.29) is 11.5 Å². The molecule has 1 aliphatic rings. The molecule has 0 atom stereocenters. The number of hydrogen-bond acceptors (Lipinski definition) is 3. The van der Waals surface area contributed by atoms with Gasteiger partial charge in [0.1, 0.15) is 22.8 Å². The largest absolute Gasteiger partial charge is 0.508 e. The van der Waals surface area contributed by atoms with Crippen molar-refractivity contribution in [2.75, 3.05) is 0 Å². The first-order valence-corrected chi connectivity index (χ1v) is 4.42. The fraction of sp³-hybridized carbons (Fsp3) is 0.273. The molecule has 0 aliphatic carbocycles. The summed E-state index contributed by atoms with van der Waals surface area (Å²) >= 11 is 0. The van der Waals surface area contributed by atoms with E-state index >= 15 is 0 Å². The Kier molecular flexibility index (Phi) is 1.71. The first-order chi connectivity index (χ1) is 6.48. The van der Waals surface area contributed by atoms with E-state index in [0.29, 0.717) is 11.3 Å². The van der Waals surface area contributed by atoms with Crippen LogP contribution in [-0.4, -0.2) is 15.8 Å². The molecule has 3 heteroatoms. The highest BCUT2D eigenvalue weighted by molar-refractivity contribution is 5.68. The first-order valence-electron chi connectivity index (χ1n) is 4.42. The van der Waals surface area contributed by atoms with Crippen molar-refractivity contribution in [3.8, 4) is 17.2 Å². The topological polar surface area (TPSA) is 49.7 Å². The summed E-state index contributed by atoms with van der Waals surface area (Å²) in [5.41, 5.74) is 0.217. The maximum atomic E-state index is 9.52. The lowest BCUT2D eigenvalue weighted by atomic mass is 10.0. The molecule has 14 heavy (non-hydrogen) atoms. The van der Waals surface area contributed by atoms with Gasteiger partial charge in [-0.3, -0.25) is 0 Å². The van der Waals surface area contributed by atoms with Crippen LogP contribution >= 0.6 is 0 Å². The lowest BCUT2D eigenvalue weighted by Gasteiger charge is -2.28. The minimum Gasteiger partial charge on any atom is -0.508 e. The van der Waals surface area contributed by atoms with Crippen molar-refractivity contribution >= 4 is 6.08 Å². The average molecular weight is 192 g/mol. The zero-order valence-corrected chi connectivity index (χ0v) is 8.11. The maximum absolute atomic E-state index is 9.52. The van der Waals surface area contributed by atoms with Crippen LogP contribution < -0.4 is 4.74 Å². The monoisotopic (exact) mass is 192 g/mol. The van der Waals surface area contributed by atoms with Gasteiger partial charge in [0.15, 0.2) is 0 Å². The molecule has 74 valence electrons. The fourth-order valence-electron chi connectivity index (χ4n) is 1.45. The van der Waals surface area contributed by atoms with Crippen molar-refractivity contribution < 1.29 is 14.9 Å². The third kappa shape index (κ3) is 1.41. The molecule has 1 aromatic carbocycles. The molecule has 0 bridgehead atoms. The standard InChI is InChI=1S/C11H12O3/c1-11(2)4-3-8-9(13)5-7(12)6-10(8)14-11/h3-6,12-13H,1-2H3. The summed E-state index contributed by atoms with van der Waals surface area (Å²) in [5.74, 6) is 0.550. The van der Waals surface area contributed by atoms with Gasteiger partial charge in [-0.25, -0.2) is 0 Å². The quantitative estimate of drug-likeness (QED) is 0.663. The van der Waals surface area contributed by atoms with Crippen molar-refractivity contribution in [3.05, 3.63) is 23.8 Å². The Morgan fingerprint density at radius 3 is 2.64 bits per heavy atom. The van der Waals surface area contributed by atoms with Crippen LogP contribution in [0.2, 0.25) is 0 Å². The number of hydrogen-bond donors (Lipinski definition) is 2. The lowest BCUT2D eigenvalue weighted by Crippen LogP contribution is -2.27. The second-order valence-corrected chi connectivity index (χ2v) is 3.92. The highest BCUT2D eigenvalue weighted by atomic mass is 16.5. The van der Waals surface area contributed by atoms with Crippen LogP contribution in [0.4, 0.5) is 0 Å². The van der Waals surface area contributed by atoms with E-state index in [1.54, 1.807) is 6.08 Å². The molecule has 0 unspecified atom stereocenters. The molecule has 0 saturated carbocycles. The van der Waals surface area contributed by atoms with Crippen molar-refractivity contribution in [1.82, 2.24) is 0 Å². The summed E-state index contributed by atoms with van der Waals surface area (Å²) in [6, 6.07) is 2.80. The predicted molar refractivity (Wildman–Crippen MR) is 53.5 cm³/mol. The molecular weight excluding hydrogens is 180 g/mol. The highest BCUT2D eigenvalue weighted by Crippen LogP contribution is 2.39. The smallest absolute Gasteiger partial charge is 0.135 e. The number of phenolic OH excluding ortho intramolecular Hbond substituents is 2. The SMILES string of the molecule is CC1(C)C=Cc2c(O)cc(O)cc2O1. The highest BCUT2D eigenvalue weighted by Gasteiger charge is 2.23. The van der Waals surface area contributed by atoms with Gasteiger partial charge in [-0.1, -0.05) is 0 Å². The van der Waals surface area contributed by atoms with E-state index in [0.717, 1.165) is 0 Å². The molecule has 0 amide bonds. The average Bonchev–Trinajstić information content (AvgIpc) is 2.00. The molecule has 1 aromatic rings. The van der Waals surface area contributed by atoms with Crippen molar-refractivity contribution in [3.63, 3.8) is 0 Å². The number of rotatable bonds is 0. The summed E-state index contributed by atoms with van der Waals surface area (Å²) in [6.07, 6.45) is 3.67. The number of phenols is 2. The van der Waals surface area contributed by atoms with E-state index in [9.17, 15) is 10.2 Å². The van der Waals surface area contributed by atoms with E-state index in [2.05, 4.69) is 0 Å². The van der Waals surface area contributed by atoms with E-state index in [4.69, 9.17) is 4.74 Å². The van der Waals surface area contributed by atoms with E-state index in [1.807, 2.05) is 19.9 Å². The number of fused-ring (bicyclic) bond motifs is 1. The Hall–Kier alpha value is -1.64. The van der Waals surface area contributed by atoms with Crippen LogP contribution in [0.25, 0.3) is 6.08 Å². The zero-order valence-electron chi connectivity index (χ0n) is 8.11. The van der Waals surface area contributed by atoms with Gasteiger partial charge < -0.3 is 14.9 Å². The number of benzene rings is 1. The summed E-state index contributed by atoms with van der Waals surface area (Å²) in [5, 5.41) is 18.8. The van der Waals surface area contributed by atoms with Crippen LogP contribution in [-0.2, 0) is 0 Å². The minimum absolute atomic E-state index is 0.00681. The Labute approximate surface area is 82.3 Å². The minimum atomic E-state index is -0.396. The molecular formula is C11H12O3. The van der Waals surface area contributed by atoms with Gasteiger partial charge in [-0.05, 0) is 26.0 Å². The summed E-state index contributed by atoms with van der Waals surface area (Å²) in [4.78, 5) is 0. The van der Waals surface area contributed by atoms with Gasteiger partial charge in [0, 0.05) is 12.1 Å². The van der Waals surface area contributed by atoms with E-state index < -0.39 is 5.60 Å². The fourth-order valence-corrected chi connectivity index (χ4v) is 1.45. The third-order valence-electron chi connectivity index (χ3n) is 2.13. The number of ether oxygens (including phenoxy) is 1.